The Morgan fingerprint density at radius 1 is 1.15 bits per heavy atom. The monoisotopic (exact) mass is 266 g/mol. The fourth-order valence-electron chi connectivity index (χ4n) is 2.50. The maximum Gasteiger partial charge on any atom is 0.133 e. The zero-order valence-electron chi connectivity index (χ0n) is 11.8. The van der Waals surface area contributed by atoms with Crippen molar-refractivity contribution in [3.8, 4) is 0 Å². The molecule has 1 unspecified atom stereocenters. The summed E-state index contributed by atoms with van der Waals surface area (Å²) in [6.07, 6.45) is 0. The average Bonchev–Trinajstić information content (AvgIpc) is 2.90. The number of rotatable bonds is 4. The molecule has 3 aromatic rings. The van der Waals surface area contributed by atoms with Crippen LogP contribution in [0.15, 0.2) is 53.1 Å². The van der Waals surface area contributed by atoms with Gasteiger partial charge in [0.1, 0.15) is 5.76 Å². The largest absolute Gasteiger partial charge is 0.361 e. The summed E-state index contributed by atoms with van der Waals surface area (Å²) in [5, 5.41) is 10.1. The van der Waals surface area contributed by atoms with E-state index in [9.17, 15) is 0 Å². The molecule has 102 valence electrons. The van der Waals surface area contributed by atoms with Gasteiger partial charge >= 0.3 is 0 Å². The molecule has 0 radical (unpaired) electrons. The minimum Gasteiger partial charge on any atom is -0.361 e. The topological polar surface area (TPSA) is 38.1 Å². The average molecular weight is 266 g/mol. The standard InChI is InChI=1S/C17H18N2O/c1-12-10-15(19-20-12)11-18-13(2)16-9-5-7-14-6-3-4-8-17(14)16/h3-10,13,18H,11H2,1-2H3. The van der Waals surface area contributed by atoms with Crippen molar-refractivity contribution in [2.24, 2.45) is 0 Å². The minimum atomic E-state index is 0.262. The molecule has 0 saturated heterocycles. The van der Waals surface area contributed by atoms with E-state index in [1.807, 2.05) is 13.0 Å². The number of aromatic nitrogens is 1. The summed E-state index contributed by atoms with van der Waals surface area (Å²) in [4.78, 5) is 0. The van der Waals surface area contributed by atoms with E-state index < -0.39 is 0 Å². The Labute approximate surface area is 118 Å². The molecule has 0 spiro atoms. The number of aryl methyl sites for hydroxylation is 1. The fraction of sp³-hybridized carbons (Fsp3) is 0.235. The van der Waals surface area contributed by atoms with Crippen LogP contribution in [0.25, 0.3) is 10.8 Å². The normalized spacial score (nSPS) is 12.7. The van der Waals surface area contributed by atoms with E-state index in [1.165, 1.54) is 16.3 Å². The highest BCUT2D eigenvalue weighted by atomic mass is 16.5. The van der Waals surface area contributed by atoms with Crippen molar-refractivity contribution in [2.75, 3.05) is 0 Å². The highest BCUT2D eigenvalue weighted by Gasteiger charge is 2.09. The van der Waals surface area contributed by atoms with Crippen molar-refractivity contribution in [3.05, 3.63) is 65.5 Å². The molecule has 0 aliphatic carbocycles. The lowest BCUT2D eigenvalue weighted by atomic mass is 10.00. The third-order valence-corrected chi connectivity index (χ3v) is 3.56. The van der Waals surface area contributed by atoms with Gasteiger partial charge in [0.2, 0.25) is 0 Å². The van der Waals surface area contributed by atoms with Gasteiger partial charge in [0.25, 0.3) is 0 Å². The van der Waals surface area contributed by atoms with Crippen LogP contribution in [0.3, 0.4) is 0 Å². The van der Waals surface area contributed by atoms with Crippen LogP contribution in [-0.4, -0.2) is 5.16 Å². The number of nitrogens with one attached hydrogen (secondary N) is 1. The minimum absolute atomic E-state index is 0.262. The summed E-state index contributed by atoms with van der Waals surface area (Å²) in [7, 11) is 0. The van der Waals surface area contributed by atoms with Crippen LogP contribution in [0.5, 0.6) is 0 Å². The van der Waals surface area contributed by atoms with Crippen molar-refractivity contribution in [3.63, 3.8) is 0 Å². The first-order chi connectivity index (χ1) is 9.74. The van der Waals surface area contributed by atoms with Gasteiger partial charge in [0.15, 0.2) is 0 Å². The SMILES string of the molecule is Cc1cc(CNC(C)c2cccc3ccccc23)no1. The van der Waals surface area contributed by atoms with Crippen molar-refractivity contribution in [1.82, 2.24) is 10.5 Å². The molecule has 0 amide bonds. The van der Waals surface area contributed by atoms with Gasteiger partial charge in [-0.05, 0) is 30.2 Å². The third kappa shape index (κ3) is 2.58. The summed E-state index contributed by atoms with van der Waals surface area (Å²) in [6, 6.07) is 17.1. The predicted octanol–water partition coefficient (Wildman–Crippen LogP) is 3.99. The molecule has 3 nitrogen and oxygen atoms in total. The lowest BCUT2D eigenvalue weighted by Crippen LogP contribution is -2.18. The first-order valence-electron chi connectivity index (χ1n) is 6.87. The maximum atomic E-state index is 5.08. The van der Waals surface area contributed by atoms with Crippen LogP contribution >= 0.6 is 0 Å². The Bertz CT molecular complexity index is 712. The first-order valence-corrected chi connectivity index (χ1v) is 6.87. The molecule has 1 atom stereocenters. The molecule has 0 aliphatic heterocycles. The zero-order chi connectivity index (χ0) is 13.9. The highest BCUT2D eigenvalue weighted by Crippen LogP contribution is 2.24. The summed E-state index contributed by atoms with van der Waals surface area (Å²) < 4.78 is 5.08. The predicted molar refractivity (Wildman–Crippen MR) is 80.4 cm³/mol. The molecule has 0 fully saturated rings. The molecule has 3 heteroatoms. The molecular weight excluding hydrogens is 248 g/mol. The smallest absolute Gasteiger partial charge is 0.133 e. The van der Waals surface area contributed by atoms with Gasteiger partial charge in [0.05, 0.1) is 5.69 Å². The van der Waals surface area contributed by atoms with Crippen LogP contribution in [0.4, 0.5) is 0 Å². The van der Waals surface area contributed by atoms with E-state index in [0.717, 1.165) is 11.5 Å². The maximum absolute atomic E-state index is 5.08. The van der Waals surface area contributed by atoms with Crippen molar-refractivity contribution in [2.45, 2.75) is 26.4 Å². The van der Waals surface area contributed by atoms with E-state index in [2.05, 4.69) is 59.9 Å². The van der Waals surface area contributed by atoms with Crippen molar-refractivity contribution >= 4 is 10.8 Å². The Balaban J connectivity index is 1.80. The van der Waals surface area contributed by atoms with Crippen LogP contribution in [-0.2, 0) is 6.54 Å². The van der Waals surface area contributed by atoms with Crippen LogP contribution in [0, 0.1) is 6.92 Å². The summed E-state index contributed by atoms with van der Waals surface area (Å²) in [5.74, 6) is 0.847. The second-order valence-electron chi connectivity index (χ2n) is 5.10. The van der Waals surface area contributed by atoms with Gasteiger partial charge in [-0.3, -0.25) is 0 Å². The lowest BCUT2D eigenvalue weighted by molar-refractivity contribution is 0.386. The van der Waals surface area contributed by atoms with Crippen LogP contribution in [0.2, 0.25) is 0 Å². The Hall–Kier alpha value is -2.13. The zero-order valence-corrected chi connectivity index (χ0v) is 11.8. The van der Waals surface area contributed by atoms with E-state index in [-0.39, 0.29) is 6.04 Å². The van der Waals surface area contributed by atoms with E-state index >= 15 is 0 Å². The second kappa shape index (κ2) is 5.47. The molecule has 0 aliphatic rings. The van der Waals surface area contributed by atoms with Gasteiger partial charge in [-0.15, -0.1) is 0 Å². The number of nitrogens with zero attached hydrogens (tertiary/aromatic N) is 1. The molecule has 1 N–H and O–H groups in total. The molecule has 1 heterocycles. The van der Waals surface area contributed by atoms with Crippen molar-refractivity contribution < 1.29 is 4.52 Å². The second-order valence-corrected chi connectivity index (χ2v) is 5.10. The van der Waals surface area contributed by atoms with Gasteiger partial charge < -0.3 is 9.84 Å². The highest BCUT2D eigenvalue weighted by molar-refractivity contribution is 5.86. The number of fused-ring (bicyclic) bond motifs is 1. The van der Waals surface area contributed by atoms with Crippen LogP contribution in [0.1, 0.15) is 30.0 Å². The van der Waals surface area contributed by atoms with E-state index in [1.54, 1.807) is 0 Å². The third-order valence-electron chi connectivity index (χ3n) is 3.56. The van der Waals surface area contributed by atoms with Crippen LogP contribution < -0.4 is 5.32 Å². The van der Waals surface area contributed by atoms with Crippen molar-refractivity contribution in [1.29, 1.82) is 0 Å². The fourth-order valence-corrected chi connectivity index (χ4v) is 2.50. The first kappa shape index (κ1) is 12.9. The molecule has 2 aromatic carbocycles. The van der Waals surface area contributed by atoms with Gasteiger partial charge in [-0.1, -0.05) is 47.6 Å². The van der Waals surface area contributed by atoms with Gasteiger partial charge in [-0.25, -0.2) is 0 Å². The summed E-state index contributed by atoms with van der Waals surface area (Å²) in [6.45, 7) is 4.79. The van der Waals surface area contributed by atoms with Gasteiger partial charge in [-0.2, -0.15) is 0 Å². The number of benzene rings is 2. The summed E-state index contributed by atoms with van der Waals surface area (Å²) >= 11 is 0. The van der Waals surface area contributed by atoms with E-state index in [0.29, 0.717) is 6.54 Å². The quantitative estimate of drug-likeness (QED) is 0.776. The number of hydrogen-bond donors (Lipinski definition) is 1. The molecule has 3 rings (SSSR count). The molecule has 0 bridgehead atoms. The number of hydrogen-bond acceptors (Lipinski definition) is 3. The lowest BCUT2D eigenvalue weighted by Gasteiger charge is -2.15. The summed E-state index contributed by atoms with van der Waals surface area (Å²) in [5.41, 5.74) is 2.25. The van der Waals surface area contributed by atoms with E-state index in [4.69, 9.17) is 4.52 Å². The molecule has 0 saturated carbocycles. The Morgan fingerprint density at radius 3 is 2.75 bits per heavy atom. The Morgan fingerprint density at radius 2 is 1.95 bits per heavy atom. The molecular formula is C17H18N2O. The van der Waals surface area contributed by atoms with Gasteiger partial charge in [0, 0.05) is 18.7 Å². The molecule has 20 heavy (non-hydrogen) atoms. The molecule has 1 aromatic heterocycles. The Kier molecular flexibility index (Phi) is 3.52.